The Bertz CT molecular complexity index is 539. The summed E-state index contributed by atoms with van der Waals surface area (Å²) in [5.41, 5.74) is 0. The number of nitrogens with zero attached hydrogens (tertiary/aromatic N) is 1. The summed E-state index contributed by atoms with van der Waals surface area (Å²) < 4.78 is 17.0. The molecule has 0 spiro atoms. The number of allylic oxidation sites excluding steroid dienone is 1. The van der Waals surface area contributed by atoms with E-state index in [0.717, 1.165) is 5.76 Å². The van der Waals surface area contributed by atoms with Gasteiger partial charge in [-0.1, -0.05) is 20.8 Å². The van der Waals surface area contributed by atoms with Crippen LogP contribution in [0.4, 0.5) is 0 Å². The summed E-state index contributed by atoms with van der Waals surface area (Å²) in [6.45, 7) is 27.1. The van der Waals surface area contributed by atoms with Crippen molar-refractivity contribution in [1.82, 2.24) is 0 Å². The number of carbonyl (C=O) groups is 1. The van der Waals surface area contributed by atoms with Crippen LogP contribution in [0.15, 0.2) is 11.8 Å². The standard InChI is InChI=1S/C19H37NO4Si2/c1-15(24-25(7,8)9)14-16(17(20-5)18(21)22-6)12-13-23-26(10,11)19(2,3)4/h14,16-17H,12-13H2,1-4,6-11H3/b15-14+. The van der Waals surface area contributed by atoms with Crippen molar-refractivity contribution in [2.75, 3.05) is 13.7 Å². The number of hydrogen-bond acceptors (Lipinski definition) is 4. The maximum absolute atomic E-state index is 12.0. The van der Waals surface area contributed by atoms with Crippen LogP contribution in [0.5, 0.6) is 0 Å². The summed E-state index contributed by atoms with van der Waals surface area (Å²) in [5, 5.41) is 0.122. The predicted octanol–water partition coefficient (Wildman–Crippen LogP) is 5.23. The van der Waals surface area contributed by atoms with Crippen molar-refractivity contribution in [2.45, 2.75) is 77.9 Å². The highest BCUT2D eigenvalue weighted by Gasteiger charge is 2.38. The molecule has 0 saturated heterocycles. The van der Waals surface area contributed by atoms with Crippen molar-refractivity contribution in [3.05, 3.63) is 23.3 Å². The van der Waals surface area contributed by atoms with E-state index in [9.17, 15) is 4.79 Å². The molecule has 0 heterocycles. The van der Waals surface area contributed by atoms with E-state index < -0.39 is 28.6 Å². The molecule has 150 valence electrons. The number of methoxy groups -OCH3 is 1. The van der Waals surface area contributed by atoms with Gasteiger partial charge in [0.25, 0.3) is 0 Å². The second kappa shape index (κ2) is 9.72. The fraction of sp³-hybridized carbons (Fsp3) is 0.789. The van der Waals surface area contributed by atoms with E-state index in [2.05, 4.69) is 58.4 Å². The average molecular weight is 400 g/mol. The molecule has 26 heavy (non-hydrogen) atoms. The lowest BCUT2D eigenvalue weighted by atomic mass is 9.96. The normalized spacial score (nSPS) is 15.8. The highest BCUT2D eigenvalue weighted by molar-refractivity contribution is 6.74. The molecule has 0 rings (SSSR count). The fourth-order valence-electron chi connectivity index (χ4n) is 2.26. The first-order valence-electron chi connectivity index (χ1n) is 9.10. The quantitative estimate of drug-likeness (QED) is 0.230. The molecular formula is C19H37NO4Si2. The molecule has 0 aromatic rings. The number of carbonyl (C=O) groups excluding carboxylic acids is 1. The maximum Gasteiger partial charge on any atom is 0.390 e. The molecule has 5 nitrogen and oxygen atoms in total. The molecule has 0 aliphatic rings. The van der Waals surface area contributed by atoms with E-state index in [1.165, 1.54) is 7.11 Å². The summed E-state index contributed by atoms with van der Waals surface area (Å²) in [4.78, 5) is 15.6. The minimum atomic E-state index is -1.87. The molecule has 0 N–H and O–H groups in total. The van der Waals surface area contributed by atoms with Gasteiger partial charge in [0.2, 0.25) is 8.32 Å². The first-order chi connectivity index (χ1) is 11.6. The lowest BCUT2D eigenvalue weighted by molar-refractivity contribution is -0.142. The van der Waals surface area contributed by atoms with Crippen LogP contribution >= 0.6 is 0 Å². The first kappa shape index (κ1) is 24.9. The minimum Gasteiger partial charge on any atom is -0.548 e. The Hall–Kier alpha value is -1.11. The maximum atomic E-state index is 12.0. The van der Waals surface area contributed by atoms with Crippen molar-refractivity contribution in [1.29, 1.82) is 0 Å². The second-order valence-corrected chi connectivity index (χ2v) is 18.4. The molecule has 0 aromatic carbocycles. The van der Waals surface area contributed by atoms with Gasteiger partial charge in [0.05, 0.1) is 18.8 Å². The average Bonchev–Trinajstić information content (AvgIpc) is 2.43. The van der Waals surface area contributed by atoms with Crippen molar-refractivity contribution in [2.24, 2.45) is 5.92 Å². The molecule has 7 heteroatoms. The Labute approximate surface area is 162 Å². The van der Waals surface area contributed by atoms with Gasteiger partial charge in [-0.2, -0.15) is 0 Å². The molecule has 0 aliphatic heterocycles. The van der Waals surface area contributed by atoms with Crippen LogP contribution in [-0.4, -0.2) is 42.4 Å². The number of rotatable bonds is 9. The summed E-state index contributed by atoms with van der Waals surface area (Å²) in [5.74, 6) is -0.0329. The summed E-state index contributed by atoms with van der Waals surface area (Å²) in [6.07, 6.45) is 2.48. The molecule has 0 aromatic heterocycles. The zero-order chi connectivity index (χ0) is 20.8. The van der Waals surface area contributed by atoms with Crippen molar-refractivity contribution < 1.29 is 18.4 Å². The zero-order valence-corrected chi connectivity index (χ0v) is 20.2. The van der Waals surface area contributed by atoms with E-state index in [1.54, 1.807) is 0 Å². The molecule has 2 atom stereocenters. The molecule has 0 radical (unpaired) electrons. The molecule has 0 aliphatic carbocycles. The first-order valence-corrected chi connectivity index (χ1v) is 15.4. The van der Waals surface area contributed by atoms with E-state index in [4.69, 9.17) is 20.2 Å². The molecule has 0 amide bonds. The third-order valence-corrected chi connectivity index (χ3v) is 10.1. The van der Waals surface area contributed by atoms with Gasteiger partial charge in [-0.15, -0.1) is 0 Å². The Kier molecular flexibility index (Phi) is 9.31. The lowest BCUT2D eigenvalue weighted by Gasteiger charge is -2.36. The van der Waals surface area contributed by atoms with Gasteiger partial charge in [-0.3, -0.25) is 0 Å². The van der Waals surface area contributed by atoms with E-state index in [0.29, 0.717) is 13.0 Å². The van der Waals surface area contributed by atoms with Gasteiger partial charge in [-0.05, 0) is 57.2 Å². The van der Waals surface area contributed by atoms with Crippen LogP contribution in [0.1, 0.15) is 34.1 Å². The fourth-order valence-corrected chi connectivity index (χ4v) is 4.36. The number of ether oxygens (including phenoxy) is 1. The van der Waals surface area contributed by atoms with Crippen LogP contribution in [0.2, 0.25) is 37.8 Å². The largest absolute Gasteiger partial charge is 0.548 e. The Morgan fingerprint density at radius 1 is 1.19 bits per heavy atom. The van der Waals surface area contributed by atoms with E-state index in [1.807, 2.05) is 13.0 Å². The second-order valence-electron chi connectivity index (χ2n) is 9.15. The van der Waals surface area contributed by atoms with Gasteiger partial charge in [-0.25, -0.2) is 11.4 Å². The molecule has 0 fully saturated rings. The molecule has 0 bridgehead atoms. The highest BCUT2D eigenvalue weighted by atomic mass is 28.4. The van der Waals surface area contributed by atoms with Crippen molar-refractivity contribution >= 4 is 22.6 Å². The third kappa shape index (κ3) is 8.52. The molecule has 0 saturated carbocycles. The Morgan fingerprint density at radius 2 is 1.73 bits per heavy atom. The predicted molar refractivity (Wildman–Crippen MR) is 112 cm³/mol. The van der Waals surface area contributed by atoms with Crippen LogP contribution in [0.3, 0.4) is 0 Å². The van der Waals surface area contributed by atoms with E-state index in [-0.39, 0.29) is 11.0 Å². The molecule has 2 unspecified atom stereocenters. The zero-order valence-electron chi connectivity index (χ0n) is 18.2. The van der Waals surface area contributed by atoms with Gasteiger partial charge in [0, 0.05) is 6.61 Å². The van der Waals surface area contributed by atoms with Crippen LogP contribution < -0.4 is 0 Å². The Morgan fingerprint density at radius 3 is 2.12 bits per heavy atom. The third-order valence-electron chi connectivity index (χ3n) is 4.62. The summed E-state index contributed by atoms with van der Waals surface area (Å²) in [7, 11) is -2.29. The smallest absolute Gasteiger partial charge is 0.390 e. The highest BCUT2D eigenvalue weighted by Crippen LogP contribution is 2.36. The lowest BCUT2D eigenvalue weighted by Crippen LogP contribution is -2.41. The Balaban J connectivity index is 5.32. The monoisotopic (exact) mass is 399 g/mol. The number of esters is 1. The molecular weight excluding hydrogens is 362 g/mol. The van der Waals surface area contributed by atoms with Crippen LogP contribution in [0.25, 0.3) is 4.85 Å². The van der Waals surface area contributed by atoms with Gasteiger partial charge < -0.3 is 18.4 Å². The van der Waals surface area contributed by atoms with Crippen LogP contribution in [-0.2, 0) is 18.4 Å². The number of hydrogen-bond donors (Lipinski definition) is 0. The van der Waals surface area contributed by atoms with Gasteiger partial charge in [0.15, 0.2) is 8.32 Å². The topological polar surface area (TPSA) is 49.1 Å². The summed E-state index contributed by atoms with van der Waals surface area (Å²) in [6, 6.07) is -0.872. The van der Waals surface area contributed by atoms with Crippen molar-refractivity contribution in [3.8, 4) is 0 Å². The van der Waals surface area contributed by atoms with Crippen molar-refractivity contribution in [3.63, 3.8) is 0 Å². The van der Waals surface area contributed by atoms with Gasteiger partial charge >= 0.3 is 12.0 Å². The SMILES string of the molecule is [C-]#[N+]C(C(=O)OC)C(/C=C(\C)O[Si](C)(C)C)CCO[Si](C)(C)C(C)(C)C. The van der Waals surface area contributed by atoms with Crippen LogP contribution in [0, 0.1) is 12.5 Å². The van der Waals surface area contributed by atoms with E-state index >= 15 is 0 Å². The van der Waals surface area contributed by atoms with Gasteiger partial charge in [0.1, 0.15) is 0 Å². The summed E-state index contributed by atoms with van der Waals surface area (Å²) >= 11 is 0. The minimum absolute atomic E-state index is 0.122.